The number of hydrogen-bond acceptors (Lipinski definition) is 7. The second kappa shape index (κ2) is 5.71. The van der Waals surface area contributed by atoms with Gasteiger partial charge in [-0.05, 0) is 18.6 Å². The fraction of sp³-hybridized carbons (Fsp3) is 0.500. The van der Waals surface area contributed by atoms with Crippen LogP contribution in [0.15, 0.2) is 18.2 Å². The van der Waals surface area contributed by atoms with Gasteiger partial charge in [0.25, 0.3) is 5.69 Å². The zero-order valence-electron chi connectivity index (χ0n) is 10.8. The summed E-state index contributed by atoms with van der Waals surface area (Å²) in [5, 5.41) is 42.2. The monoisotopic (exact) mass is 284 g/mol. The van der Waals surface area contributed by atoms with Crippen molar-refractivity contribution < 1.29 is 25.0 Å². The van der Waals surface area contributed by atoms with E-state index >= 15 is 0 Å². The third-order valence-electron chi connectivity index (χ3n) is 3.22. The van der Waals surface area contributed by atoms with Gasteiger partial charge in [0.2, 0.25) is 0 Å². The molecule has 4 N–H and O–H groups in total. The summed E-state index contributed by atoms with van der Waals surface area (Å²) < 4.78 is 5.20. The molecule has 0 radical (unpaired) electrons. The number of nitro benzene ring substituents is 1. The second-order valence-corrected chi connectivity index (χ2v) is 4.70. The summed E-state index contributed by atoms with van der Waals surface area (Å²) >= 11 is 0. The molecule has 1 fully saturated rings. The van der Waals surface area contributed by atoms with Crippen molar-refractivity contribution >= 4 is 11.4 Å². The number of hydrogen-bond donors (Lipinski definition) is 4. The number of rotatable bonds is 3. The van der Waals surface area contributed by atoms with E-state index in [9.17, 15) is 25.4 Å². The van der Waals surface area contributed by atoms with E-state index in [1.165, 1.54) is 18.2 Å². The zero-order valence-corrected chi connectivity index (χ0v) is 10.8. The highest BCUT2D eigenvalue weighted by Gasteiger charge is 2.37. The Labute approximate surface area is 114 Å². The van der Waals surface area contributed by atoms with Gasteiger partial charge < -0.3 is 25.4 Å². The van der Waals surface area contributed by atoms with Crippen molar-refractivity contribution in [2.45, 2.75) is 31.5 Å². The number of aryl methyl sites for hydroxylation is 1. The lowest BCUT2D eigenvalue weighted by molar-refractivity contribution is -0.384. The lowest BCUT2D eigenvalue weighted by Gasteiger charge is -2.36. The number of nitrogens with one attached hydrogen (secondary N) is 1. The largest absolute Gasteiger partial charge is 0.388 e. The molecule has 0 unspecified atom stereocenters. The first-order valence-electron chi connectivity index (χ1n) is 6.07. The smallest absolute Gasteiger partial charge is 0.269 e. The first-order chi connectivity index (χ1) is 9.40. The summed E-state index contributed by atoms with van der Waals surface area (Å²) in [6.45, 7) is 1.57. The van der Waals surface area contributed by atoms with Crippen molar-refractivity contribution in [1.82, 2.24) is 0 Å². The molecule has 0 saturated carbocycles. The first-order valence-corrected chi connectivity index (χ1v) is 6.07. The van der Waals surface area contributed by atoms with E-state index in [0.29, 0.717) is 11.3 Å². The Bertz CT molecular complexity index is 509. The third kappa shape index (κ3) is 2.88. The van der Waals surface area contributed by atoms with Crippen LogP contribution in [0.3, 0.4) is 0 Å². The molecule has 1 aromatic carbocycles. The van der Waals surface area contributed by atoms with Crippen molar-refractivity contribution in [2.75, 3.05) is 11.9 Å². The molecule has 8 nitrogen and oxygen atoms in total. The molecular weight excluding hydrogens is 268 g/mol. The molecule has 0 aromatic heterocycles. The van der Waals surface area contributed by atoms with Crippen LogP contribution in [0, 0.1) is 17.0 Å². The van der Waals surface area contributed by atoms with Crippen LogP contribution in [0.25, 0.3) is 0 Å². The van der Waals surface area contributed by atoms with E-state index in [1.807, 2.05) is 0 Å². The van der Waals surface area contributed by atoms with Gasteiger partial charge in [-0.25, -0.2) is 0 Å². The van der Waals surface area contributed by atoms with Crippen LogP contribution in [-0.2, 0) is 4.74 Å². The maximum Gasteiger partial charge on any atom is 0.269 e. The molecule has 1 aliphatic heterocycles. The normalized spacial score (nSPS) is 30.0. The zero-order chi connectivity index (χ0) is 14.9. The van der Waals surface area contributed by atoms with Crippen LogP contribution < -0.4 is 5.32 Å². The van der Waals surface area contributed by atoms with Gasteiger partial charge >= 0.3 is 0 Å². The molecule has 0 amide bonds. The van der Waals surface area contributed by atoms with Gasteiger partial charge in [-0.3, -0.25) is 10.1 Å². The van der Waals surface area contributed by atoms with Gasteiger partial charge in [-0.1, -0.05) is 0 Å². The minimum absolute atomic E-state index is 0.0337. The topological polar surface area (TPSA) is 125 Å². The standard InChI is InChI=1S/C12H16N2O6/c1-6-4-7(14(18)19)2-3-8(6)13-12-11(17)10(16)9(15)5-20-12/h2-4,9-13,15-17H,5H2,1H3/t9-,10-,11+,12-/m1/s1. The Hall–Kier alpha value is -1.74. The summed E-state index contributed by atoms with van der Waals surface area (Å²) in [6, 6.07) is 4.22. The van der Waals surface area contributed by atoms with Gasteiger partial charge in [0.05, 0.1) is 11.5 Å². The van der Waals surface area contributed by atoms with Crippen LogP contribution in [0.5, 0.6) is 0 Å². The predicted octanol–water partition coefficient (Wildman–Crippen LogP) is -0.246. The molecule has 20 heavy (non-hydrogen) atoms. The highest BCUT2D eigenvalue weighted by molar-refractivity contribution is 5.55. The van der Waals surface area contributed by atoms with Crippen molar-refractivity contribution in [1.29, 1.82) is 0 Å². The van der Waals surface area contributed by atoms with Crippen LogP contribution in [0.4, 0.5) is 11.4 Å². The number of non-ortho nitro benzene ring substituents is 1. The molecule has 1 aromatic rings. The van der Waals surface area contributed by atoms with Gasteiger partial charge in [-0.2, -0.15) is 0 Å². The Balaban J connectivity index is 2.12. The van der Waals surface area contributed by atoms with Gasteiger partial charge in [0, 0.05) is 17.8 Å². The van der Waals surface area contributed by atoms with Crippen molar-refractivity contribution in [2.24, 2.45) is 0 Å². The summed E-state index contributed by atoms with van der Waals surface area (Å²) in [5.41, 5.74) is 1.12. The molecule has 0 bridgehead atoms. The predicted molar refractivity (Wildman–Crippen MR) is 69.2 cm³/mol. The van der Waals surface area contributed by atoms with Crippen molar-refractivity contribution in [3.8, 4) is 0 Å². The third-order valence-corrected chi connectivity index (χ3v) is 3.22. The number of nitrogens with zero attached hydrogens (tertiary/aromatic N) is 1. The molecule has 4 atom stereocenters. The molecule has 0 aliphatic carbocycles. The number of aliphatic hydroxyl groups is 3. The van der Waals surface area contributed by atoms with Crippen LogP contribution in [0.2, 0.25) is 0 Å². The lowest BCUT2D eigenvalue weighted by atomic mass is 10.0. The SMILES string of the molecule is Cc1cc([N+](=O)[O-])ccc1N[C@@H]1OC[C@@H](O)[C@@H](O)[C@@H]1O. The highest BCUT2D eigenvalue weighted by atomic mass is 16.6. The van der Waals surface area contributed by atoms with Gasteiger partial charge in [-0.15, -0.1) is 0 Å². The summed E-state index contributed by atoms with van der Waals surface area (Å²) in [6.07, 6.45) is -4.64. The number of anilines is 1. The summed E-state index contributed by atoms with van der Waals surface area (Å²) in [4.78, 5) is 10.1. The van der Waals surface area contributed by atoms with E-state index in [4.69, 9.17) is 4.74 Å². The average Bonchev–Trinajstić information content (AvgIpc) is 2.41. The number of benzene rings is 1. The lowest BCUT2D eigenvalue weighted by Crippen LogP contribution is -2.55. The Kier molecular flexibility index (Phi) is 4.19. The van der Waals surface area contributed by atoms with Crippen LogP contribution in [0.1, 0.15) is 5.56 Å². The van der Waals surface area contributed by atoms with Gasteiger partial charge in [0.1, 0.15) is 18.3 Å². The van der Waals surface area contributed by atoms with E-state index in [0.717, 1.165) is 0 Å². The molecular formula is C12H16N2O6. The molecule has 8 heteroatoms. The van der Waals surface area contributed by atoms with Crippen molar-refractivity contribution in [3.63, 3.8) is 0 Å². The minimum Gasteiger partial charge on any atom is -0.388 e. The van der Waals surface area contributed by atoms with Crippen LogP contribution in [-0.4, -0.2) is 51.4 Å². The minimum atomic E-state index is -1.31. The number of nitro groups is 1. The van der Waals surface area contributed by atoms with E-state index in [2.05, 4.69) is 5.32 Å². The van der Waals surface area contributed by atoms with Crippen LogP contribution >= 0.6 is 0 Å². The fourth-order valence-corrected chi connectivity index (χ4v) is 2.01. The maximum absolute atomic E-state index is 10.6. The van der Waals surface area contributed by atoms with Crippen molar-refractivity contribution in [3.05, 3.63) is 33.9 Å². The van der Waals surface area contributed by atoms with Gasteiger partial charge in [0.15, 0.2) is 6.23 Å². The Morgan fingerprint density at radius 1 is 1.35 bits per heavy atom. The number of aliphatic hydroxyl groups excluding tert-OH is 3. The fourth-order valence-electron chi connectivity index (χ4n) is 2.01. The molecule has 1 saturated heterocycles. The molecule has 2 rings (SSSR count). The van der Waals surface area contributed by atoms with E-state index in [1.54, 1.807) is 6.92 Å². The molecule has 1 aliphatic rings. The highest BCUT2D eigenvalue weighted by Crippen LogP contribution is 2.24. The summed E-state index contributed by atoms with van der Waals surface area (Å²) in [5.74, 6) is 0. The Morgan fingerprint density at radius 3 is 2.65 bits per heavy atom. The molecule has 0 spiro atoms. The molecule has 110 valence electrons. The maximum atomic E-state index is 10.6. The average molecular weight is 284 g/mol. The quantitative estimate of drug-likeness (QED) is 0.445. The number of ether oxygens (including phenoxy) is 1. The molecule has 1 heterocycles. The summed E-state index contributed by atoms with van der Waals surface area (Å²) in [7, 11) is 0. The first kappa shape index (κ1) is 14.7. The van der Waals surface area contributed by atoms with E-state index < -0.39 is 29.5 Å². The Morgan fingerprint density at radius 2 is 2.05 bits per heavy atom. The van der Waals surface area contributed by atoms with E-state index in [-0.39, 0.29) is 12.3 Å². The second-order valence-electron chi connectivity index (χ2n) is 4.70.